The maximum Gasteiger partial charge on any atom is 0.222 e. The number of nitriles is 1. The van der Waals surface area contributed by atoms with Crippen LogP contribution in [0.15, 0.2) is 0 Å². The van der Waals surface area contributed by atoms with Gasteiger partial charge >= 0.3 is 0 Å². The number of thioether (sulfide) groups is 1. The Bertz CT molecular complexity index is 269. The number of carbonyl (C=O) groups excluding carboxylic acids is 1. The molecule has 0 aromatic rings. The summed E-state index contributed by atoms with van der Waals surface area (Å²) in [5, 5.41) is 8.70. The van der Waals surface area contributed by atoms with Gasteiger partial charge in [-0.3, -0.25) is 4.79 Å². The van der Waals surface area contributed by atoms with Crippen molar-refractivity contribution in [3.63, 3.8) is 0 Å². The summed E-state index contributed by atoms with van der Waals surface area (Å²) in [6.45, 7) is 2.40. The molecule has 1 rings (SSSR count). The Morgan fingerprint density at radius 2 is 2.19 bits per heavy atom. The maximum absolute atomic E-state index is 11.9. The van der Waals surface area contributed by atoms with Crippen LogP contribution >= 0.6 is 11.8 Å². The van der Waals surface area contributed by atoms with Crippen LogP contribution < -0.4 is 0 Å². The largest absolute Gasteiger partial charge is 0.344 e. The number of hydrogen-bond acceptors (Lipinski definition) is 3. The van der Waals surface area contributed by atoms with Crippen molar-refractivity contribution in [1.29, 1.82) is 5.26 Å². The van der Waals surface area contributed by atoms with Crippen molar-refractivity contribution in [3.05, 3.63) is 0 Å². The van der Waals surface area contributed by atoms with Crippen LogP contribution in [0.1, 0.15) is 26.2 Å². The third kappa shape index (κ3) is 4.44. The number of hydrogen-bond donors (Lipinski definition) is 0. The van der Waals surface area contributed by atoms with Gasteiger partial charge in [0.1, 0.15) is 0 Å². The Morgan fingerprint density at radius 1 is 1.56 bits per heavy atom. The summed E-state index contributed by atoms with van der Waals surface area (Å²) in [5.74, 6) is 3.07. The summed E-state index contributed by atoms with van der Waals surface area (Å²) in [6.07, 6.45) is 2.99. The Morgan fingerprint density at radius 3 is 2.75 bits per heavy atom. The Kier molecular flexibility index (Phi) is 5.68. The molecular formula is C12H20N2OS. The summed E-state index contributed by atoms with van der Waals surface area (Å²) >= 11 is 1.98. The highest BCUT2D eigenvalue weighted by molar-refractivity contribution is 7.99. The van der Waals surface area contributed by atoms with Crippen molar-refractivity contribution < 1.29 is 4.79 Å². The first-order chi connectivity index (χ1) is 7.63. The Labute approximate surface area is 102 Å². The average Bonchev–Trinajstić information content (AvgIpc) is 2.30. The van der Waals surface area contributed by atoms with Crippen LogP contribution in [0, 0.1) is 23.2 Å². The first kappa shape index (κ1) is 13.4. The molecule has 1 amide bonds. The number of rotatable bonds is 4. The molecule has 1 unspecified atom stereocenters. The molecule has 4 heteroatoms. The van der Waals surface area contributed by atoms with E-state index in [-0.39, 0.29) is 11.8 Å². The molecule has 0 spiro atoms. The molecule has 90 valence electrons. The molecule has 0 radical (unpaired) electrons. The monoisotopic (exact) mass is 240 g/mol. The second-order valence-electron chi connectivity index (χ2n) is 4.56. The zero-order valence-corrected chi connectivity index (χ0v) is 10.9. The highest BCUT2D eigenvalue weighted by atomic mass is 32.2. The summed E-state index contributed by atoms with van der Waals surface area (Å²) in [5.41, 5.74) is 0. The molecule has 1 aliphatic rings. The molecule has 3 nitrogen and oxygen atoms in total. The molecule has 0 bridgehead atoms. The molecule has 0 aromatic carbocycles. The molecule has 1 atom stereocenters. The van der Waals surface area contributed by atoms with E-state index in [1.54, 1.807) is 11.9 Å². The number of carbonyl (C=O) groups is 1. The predicted octanol–water partition coefficient (Wildman–Crippen LogP) is 2.14. The van der Waals surface area contributed by atoms with Gasteiger partial charge in [0, 0.05) is 20.0 Å². The number of nitrogens with zero attached hydrogens (tertiary/aromatic N) is 2. The predicted molar refractivity (Wildman–Crippen MR) is 67.1 cm³/mol. The van der Waals surface area contributed by atoms with Crippen molar-refractivity contribution in [2.45, 2.75) is 26.2 Å². The topological polar surface area (TPSA) is 44.1 Å². The van der Waals surface area contributed by atoms with E-state index in [9.17, 15) is 4.79 Å². The highest BCUT2D eigenvalue weighted by Gasteiger charge is 2.20. The van der Waals surface area contributed by atoms with E-state index in [0.29, 0.717) is 18.9 Å². The summed E-state index contributed by atoms with van der Waals surface area (Å²) in [7, 11) is 1.80. The quantitative estimate of drug-likeness (QED) is 0.756. The van der Waals surface area contributed by atoms with Crippen LogP contribution in [0.5, 0.6) is 0 Å². The van der Waals surface area contributed by atoms with Crippen molar-refractivity contribution in [3.8, 4) is 6.07 Å². The van der Waals surface area contributed by atoms with Crippen LogP contribution in [0.4, 0.5) is 0 Å². The highest BCUT2D eigenvalue weighted by Crippen LogP contribution is 2.25. The van der Waals surface area contributed by atoms with Gasteiger partial charge in [0.25, 0.3) is 0 Å². The lowest BCUT2D eigenvalue weighted by atomic mass is 9.98. The average molecular weight is 240 g/mol. The lowest BCUT2D eigenvalue weighted by molar-refractivity contribution is -0.131. The minimum atomic E-state index is -0.0733. The Balaban J connectivity index is 2.30. The van der Waals surface area contributed by atoms with Gasteiger partial charge in [-0.1, -0.05) is 0 Å². The summed E-state index contributed by atoms with van der Waals surface area (Å²) in [6, 6.07) is 2.16. The molecule has 0 aliphatic carbocycles. The fraction of sp³-hybridized carbons (Fsp3) is 0.833. The minimum absolute atomic E-state index is 0.0733. The minimum Gasteiger partial charge on any atom is -0.344 e. The van der Waals surface area contributed by atoms with Gasteiger partial charge in [0.05, 0.1) is 12.0 Å². The Hall–Kier alpha value is -0.690. The van der Waals surface area contributed by atoms with E-state index in [4.69, 9.17) is 5.26 Å². The maximum atomic E-state index is 11.9. The van der Waals surface area contributed by atoms with Gasteiger partial charge < -0.3 is 4.90 Å². The lowest BCUT2D eigenvalue weighted by Gasteiger charge is -2.24. The molecule has 0 aromatic heterocycles. The van der Waals surface area contributed by atoms with Gasteiger partial charge in [0.2, 0.25) is 5.91 Å². The van der Waals surface area contributed by atoms with E-state index in [0.717, 1.165) is 12.8 Å². The fourth-order valence-electron chi connectivity index (χ4n) is 1.91. The molecule has 1 heterocycles. The smallest absolute Gasteiger partial charge is 0.222 e. The lowest BCUT2D eigenvalue weighted by Crippen LogP contribution is -2.32. The molecule has 0 N–H and O–H groups in total. The van der Waals surface area contributed by atoms with Gasteiger partial charge in [-0.2, -0.15) is 17.0 Å². The zero-order chi connectivity index (χ0) is 12.0. The van der Waals surface area contributed by atoms with Crippen molar-refractivity contribution in [1.82, 2.24) is 4.90 Å². The molecular weight excluding hydrogens is 220 g/mol. The van der Waals surface area contributed by atoms with Crippen molar-refractivity contribution in [2.24, 2.45) is 11.8 Å². The SMILES string of the molecule is CC(C#N)CN(C)C(=O)CC1CCSCC1. The van der Waals surface area contributed by atoms with Gasteiger partial charge in [-0.05, 0) is 37.2 Å². The second-order valence-corrected chi connectivity index (χ2v) is 5.79. The van der Waals surface area contributed by atoms with Crippen LogP contribution in [-0.2, 0) is 4.79 Å². The molecule has 16 heavy (non-hydrogen) atoms. The second kappa shape index (κ2) is 6.80. The third-order valence-corrected chi connectivity index (χ3v) is 4.05. The first-order valence-electron chi connectivity index (χ1n) is 5.84. The normalized spacial score (nSPS) is 18.8. The molecule has 1 fully saturated rings. The van der Waals surface area contributed by atoms with Crippen LogP contribution in [0.2, 0.25) is 0 Å². The standard InChI is InChI=1S/C12H20N2OS/c1-10(8-13)9-14(2)12(15)7-11-3-5-16-6-4-11/h10-11H,3-7,9H2,1-2H3. The van der Waals surface area contributed by atoms with E-state index < -0.39 is 0 Å². The van der Waals surface area contributed by atoms with Crippen molar-refractivity contribution in [2.75, 3.05) is 25.1 Å². The van der Waals surface area contributed by atoms with E-state index >= 15 is 0 Å². The summed E-state index contributed by atoms with van der Waals surface area (Å²) in [4.78, 5) is 13.6. The summed E-state index contributed by atoms with van der Waals surface area (Å²) < 4.78 is 0. The van der Waals surface area contributed by atoms with Gasteiger partial charge in [-0.15, -0.1) is 0 Å². The van der Waals surface area contributed by atoms with Crippen LogP contribution in [0.25, 0.3) is 0 Å². The third-order valence-electron chi connectivity index (χ3n) is 3.00. The van der Waals surface area contributed by atoms with Crippen LogP contribution in [0.3, 0.4) is 0 Å². The van der Waals surface area contributed by atoms with Crippen molar-refractivity contribution >= 4 is 17.7 Å². The number of amides is 1. The van der Waals surface area contributed by atoms with Crippen LogP contribution in [-0.4, -0.2) is 35.9 Å². The molecule has 1 aliphatic heterocycles. The molecule has 1 saturated heterocycles. The molecule has 0 saturated carbocycles. The van der Waals surface area contributed by atoms with E-state index in [2.05, 4.69) is 6.07 Å². The van der Waals surface area contributed by atoms with Gasteiger partial charge in [-0.25, -0.2) is 0 Å². The van der Waals surface area contributed by atoms with E-state index in [1.807, 2.05) is 18.7 Å². The van der Waals surface area contributed by atoms with Gasteiger partial charge in [0.15, 0.2) is 0 Å². The van der Waals surface area contributed by atoms with E-state index in [1.165, 1.54) is 11.5 Å². The zero-order valence-electron chi connectivity index (χ0n) is 10.1. The fourth-order valence-corrected chi connectivity index (χ4v) is 3.11. The first-order valence-corrected chi connectivity index (χ1v) is 7.00.